The van der Waals surface area contributed by atoms with Gasteiger partial charge in [-0.2, -0.15) is 23.3 Å². The van der Waals surface area contributed by atoms with E-state index >= 15 is 0 Å². The van der Waals surface area contributed by atoms with Crippen LogP contribution in [0.4, 0.5) is 23.5 Å². The van der Waals surface area contributed by atoms with E-state index in [0.717, 1.165) is 27.8 Å². The Hall–Kier alpha value is -3.54. The fraction of sp³-hybridized carbons (Fsp3) is 0.263. The second kappa shape index (κ2) is 7.95. The molecule has 162 valence electrons. The lowest BCUT2D eigenvalue weighted by Gasteiger charge is -2.30. The molecule has 0 spiro atoms. The number of aromatic nitrogens is 5. The summed E-state index contributed by atoms with van der Waals surface area (Å²) in [5.74, 6) is -0.305. The molecule has 0 fully saturated rings. The van der Waals surface area contributed by atoms with Crippen LogP contribution in [0.3, 0.4) is 0 Å². The summed E-state index contributed by atoms with van der Waals surface area (Å²) in [6, 6.07) is 6.54. The van der Waals surface area contributed by atoms with Crippen molar-refractivity contribution in [3.63, 3.8) is 0 Å². The predicted octanol–water partition coefficient (Wildman–Crippen LogP) is 1.76. The van der Waals surface area contributed by atoms with Crippen molar-refractivity contribution in [2.45, 2.75) is 18.9 Å². The highest BCUT2D eigenvalue weighted by Crippen LogP contribution is 2.27. The number of anilines is 1. The maximum absolute atomic E-state index is 13.1. The van der Waals surface area contributed by atoms with Crippen LogP contribution in [-0.4, -0.2) is 48.6 Å². The molecular formula is C19H16F4N6O2. The van der Waals surface area contributed by atoms with E-state index in [0.29, 0.717) is 17.7 Å². The molecule has 1 atom stereocenters. The summed E-state index contributed by atoms with van der Waals surface area (Å²) in [4.78, 5) is 21.8. The van der Waals surface area contributed by atoms with E-state index in [1.807, 2.05) is 0 Å². The molecule has 0 radical (unpaired) electrons. The van der Waals surface area contributed by atoms with Gasteiger partial charge in [-0.1, -0.05) is 18.2 Å². The van der Waals surface area contributed by atoms with E-state index in [1.54, 1.807) is 23.1 Å². The number of halogens is 4. The summed E-state index contributed by atoms with van der Waals surface area (Å²) in [5.41, 5.74) is -0.480. The molecular weight excluding hydrogens is 420 g/mol. The molecule has 1 aliphatic rings. The van der Waals surface area contributed by atoms with E-state index in [-0.39, 0.29) is 25.0 Å². The maximum atomic E-state index is 13.1. The van der Waals surface area contributed by atoms with Gasteiger partial charge in [0.15, 0.2) is 5.69 Å². The van der Waals surface area contributed by atoms with E-state index < -0.39 is 23.7 Å². The third-order valence-corrected chi connectivity index (χ3v) is 4.73. The van der Waals surface area contributed by atoms with Crippen LogP contribution in [0.25, 0.3) is 5.57 Å². The van der Waals surface area contributed by atoms with Crippen LogP contribution in [0.15, 0.2) is 53.7 Å². The second-order valence-corrected chi connectivity index (χ2v) is 6.88. The zero-order chi connectivity index (χ0) is 22.2. The molecule has 3 aromatic rings. The molecule has 12 heteroatoms. The number of benzene rings is 1. The monoisotopic (exact) mass is 436 g/mol. The highest BCUT2D eigenvalue weighted by molar-refractivity contribution is 5.71. The van der Waals surface area contributed by atoms with Crippen LogP contribution in [0.5, 0.6) is 0 Å². The van der Waals surface area contributed by atoms with Crippen molar-refractivity contribution < 1.29 is 22.7 Å². The van der Waals surface area contributed by atoms with Gasteiger partial charge in [-0.15, -0.1) is 0 Å². The molecule has 2 aromatic heterocycles. The number of hydrogen-bond acceptors (Lipinski definition) is 6. The lowest BCUT2D eigenvalue weighted by atomic mass is 9.97. The Labute approximate surface area is 172 Å². The zero-order valence-electron chi connectivity index (χ0n) is 15.9. The first-order valence-electron chi connectivity index (χ1n) is 9.14. The van der Waals surface area contributed by atoms with Gasteiger partial charge in [0.1, 0.15) is 18.8 Å². The van der Waals surface area contributed by atoms with Crippen molar-refractivity contribution in [3.8, 4) is 0 Å². The SMILES string of the molecule is O=c1nc(N2CC=C(c3ccc(F)cc3)[C@H](O)C2)ncn1Cn1ccc(C(F)(F)F)n1. The lowest BCUT2D eigenvalue weighted by Crippen LogP contribution is -2.40. The van der Waals surface area contributed by atoms with Gasteiger partial charge in [0.2, 0.25) is 5.95 Å². The van der Waals surface area contributed by atoms with E-state index in [2.05, 4.69) is 15.1 Å². The highest BCUT2D eigenvalue weighted by atomic mass is 19.4. The maximum Gasteiger partial charge on any atom is 0.435 e. The first-order valence-corrected chi connectivity index (χ1v) is 9.14. The van der Waals surface area contributed by atoms with E-state index in [1.165, 1.54) is 12.1 Å². The molecule has 0 amide bonds. The molecule has 31 heavy (non-hydrogen) atoms. The number of β-amino-alcohol motifs (C(OH)–C–C–N with tert-alkyl or cyclic N) is 1. The molecule has 0 aliphatic carbocycles. The van der Waals surface area contributed by atoms with Crippen LogP contribution in [0.1, 0.15) is 11.3 Å². The van der Waals surface area contributed by atoms with Gasteiger partial charge in [-0.25, -0.2) is 14.2 Å². The van der Waals surface area contributed by atoms with Crippen molar-refractivity contribution in [3.05, 3.63) is 76.5 Å². The van der Waals surface area contributed by atoms with Crippen molar-refractivity contribution in [1.82, 2.24) is 24.3 Å². The molecule has 8 nitrogen and oxygen atoms in total. The van der Waals surface area contributed by atoms with Crippen molar-refractivity contribution in [2.75, 3.05) is 18.0 Å². The number of nitrogens with zero attached hydrogens (tertiary/aromatic N) is 6. The van der Waals surface area contributed by atoms with Gasteiger partial charge in [-0.3, -0.25) is 9.25 Å². The normalized spacial score (nSPS) is 17.0. The highest BCUT2D eigenvalue weighted by Gasteiger charge is 2.33. The summed E-state index contributed by atoms with van der Waals surface area (Å²) < 4.78 is 53.0. The van der Waals surface area contributed by atoms with Crippen LogP contribution < -0.4 is 10.6 Å². The summed E-state index contributed by atoms with van der Waals surface area (Å²) in [6.07, 6.45) is -1.49. The topological polar surface area (TPSA) is 89.1 Å². The standard InChI is InChI=1S/C19H16F4N6O2/c20-13-3-1-12(2-4-13)14-5-7-27(9-15(14)30)17-24-10-28(18(31)25-17)11-29-8-6-16(26-29)19(21,22)23/h1-6,8,10,15,30H,7,9,11H2/t15-/m1/s1. The van der Waals surface area contributed by atoms with Crippen molar-refractivity contribution >= 4 is 11.5 Å². The van der Waals surface area contributed by atoms with Gasteiger partial charge >= 0.3 is 11.9 Å². The second-order valence-electron chi connectivity index (χ2n) is 6.88. The first kappa shape index (κ1) is 20.7. The van der Waals surface area contributed by atoms with E-state index in [4.69, 9.17) is 0 Å². The van der Waals surface area contributed by atoms with Crippen molar-refractivity contribution in [2.24, 2.45) is 0 Å². The fourth-order valence-corrected chi connectivity index (χ4v) is 3.19. The minimum Gasteiger partial charge on any atom is -0.387 e. The minimum atomic E-state index is -4.58. The Morgan fingerprint density at radius 2 is 1.90 bits per heavy atom. The Bertz CT molecular complexity index is 1170. The molecule has 1 N–H and O–H groups in total. The van der Waals surface area contributed by atoms with Crippen LogP contribution >= 0.6 is 0 Å². The Morgan fingerprint density at radius 3 is 2.52 bits per heavy atom. The summed E-state index contributed by atoms with van der Waals surface area (Å²) in [5, 5.41) is 13.8. The number of alkyl halides is 3. The number of hydrogen-bond donors (Lipinski definition) is 1. The molecule has 0 saturated heterocycles. The molecule has 0 unspecified atom stereocenters. The number of aliphatic hydroxyl groups is 1. The van der Waals surface area contributed by atoms with Gasteiger partial charge in [0, 0.05) is 12.7 Å². The molecule has 1 aromatic carbocycles. The van der Waals surface area contributed by atoms with Crippen LogP contribution in [0.2, 0.25) is 0 Å². The van der Waals surface area contributed by atoms with Gasteiger partial charge < -0.3 is 10.0 Å². The summed E-state index contributed by atoms with van der Waals surface area (Å²) in [7, 11) is 0. The van der Waals surface area contributed by atoms with Crippen molar-refractivity contribution in [1.29, 1.82) is 0 Å². The smallest absolute Gasteiger partial charge is 0.387 e. The molecule has 0 saturated carbocycles. The first-order chi connectivity index (χ1) is 14.7. The quantitative estimate of drug-likeness (QED) is 0.627. The average molecular weight is 436 g/mol. The lowest BCUT2D eigenvalue weighted by molar-refractivity contribution is -0.141. The zero-order valence-corrected chi connectivity index (χ0v) is 15.9. The third kappa shape index (κ3) is 4.48. The summed E-state index contributed by atoms with van der Waals surface area (Å²) in [6.45, 7) is 0.133. The van der Waals surface area contributed by atoms with Gasteiger partial charge in [-0.05, 0) is 29.3 Å². The average Bonchev–Trinajstić information content (AvgIpc) is 3.19. The molecule has 4 rings (SSSR count). The summed E-state index contributed by atoms with van der Waals surface area (Å²) >= 11 is 0. The van der Waals surface area contributed by atoms with Crippen LogP contribution in [0, 0.1) is 5.82 Å². The Balaban J connectivity index is 1.49. The minimum absolute atomic E-state index is 0.0751. The Kier molecular flexibility index (Phi) is 5.31. The third-order valence-electron chi connectivity index (χ3n) is 4.73. The van der Waals surface area contributed by atoms with Gasteiger partial charge in [0.25, 0.3) is 0 Å². The van der Waals surface area contributed by atoms with Crippen LogP contribution in [-0.2, 0) is 12.8 Å². The number of aliphatic hydroxyl groups excluding tert-OH is 1. The van der Waals surface area contributed by atoms with E-state index in [9.17, 15) is 27.5 Å². The Morgan fingerprint density at radius 1 is 1.16 bits per heavy atom. The largest absolute Gasteiger partial charge is 0.435 e. The van der Waals surface area contributed by atoms with Gasteiger partial charge in [0.05, 0.1) is 12.6 Å². The molecule has 0 bridgehead atoms. The fourth-order valence-electron chi connectivity index (χ4n) is 3.19. The predicted molar refractivity (Wildman–Crippen MR) is 102 cm³/mol. The molecule has 1 aliphatic heterocycles. The molecule has 3 heterocycles. The number of rotatable bonds is 4.